The summed E-state index contributed by atoms with van der Waals surface area (Å²) < 4.78 is 0.233. The highest BCUT2D eigenvalue weighted by Crippen LogP contribution is 2.33. The first-order valence-corrected chi connectivity index (χ1v) is 9.35. The highest BCUT2D eigenvalue weighted by molar-refractivity contribution is 8.26. The second kappa shape index (κ2) is 8.18. The van der Waals surface area contributed by atoms with Gasteiger partial charge < -0.3 is 0 Å². The van der Waals surface area contributed by atoms with Crippen LogP contribution in [-0.2, 0) is 4.79 Å². The standard InChI is InChI=1S/C17H9Cl2N3O3S2/c18-13-5-2-6-14(19)12(13)9-20-21-16(23)15(27-17(21)26)8-10-3-1-4-11(7-10)22(24)25/h1-9H/b15-8+,20-9+. The molecule has 0 bridgehead atoms. The molecule has 0 radical (unpaired) electrons. The van der Waals surface area contributed by atoms with Crippen molar-refractivity contribution >= 4 is 75.4 Å². The summed E-state index contributed by atoms with van der Waals surface area (Å²) in [6.07, 6.45) is 2.90. The number of non-ortho nitro benzene ring substituents is 1. The monoisotopic (exact) mass is 437 g/mol. The zero-order valence-corrected chi connectivity index (χ0v) is 16.5. The second-order valence-electron chi connectivity index (χ2n) is 5.23. The van der Waals surface area contributed by atoms with Gasteiger partial charge in [-0.2, -0.15) is 10.1 Å². The molecule has 0 aliphatic carbocycles. The van der Waals surface area contributed by atoms with E-state index in [-0.39, 0.29) is 10.0 Å². The van der Waals surface area contributed by atoms with E-state index in [0.717, 1.165) is 16.8 Å². The molecule has 1 saturated heterocycles. The van der Waals surface area contributed by atoms with E-state index in [9.17, 15) is 14.9 Å². The Morgan fingerprint density at radius 2 is 1.85 bits per heavy atom. The van der Waals surface area contributed by atoms with E-state index in [1.807, 2.05) is 0 Å². The third-order valence-electron chi connectivity index (χ3n) is 3.45. The van der Waals surface area contributed by atoms with Crippen molar-refractivity contribution in [3.8, 4) is 0 Å². The SMILES string of the molecule is O=C1/C(=C\c2cccc([N+](=O)[O-])c2)SC(=S)N1/N=C/c1c(Cl)cccc1Cl. The fraction of sp³-hybridized carbons (Fsp3) is 0. The molecule has 1 fully saturated rings. The van der Waals surface area contributed by atoms with Crippen LogP contribution in [0.25, 0.3) is 6.08 Å². The maximum Gasteiger partial charge on any atom is 0.286 e. The Labute approximate surface area is 173 Å². The number of carbonyl (C=O) groups is 1. The molecule has 0 aromatic heterocycles. The van der Waals surface area contributed by atoms with Crippen molar-refractivity contribution < 1.29 is 9.72 Å². The van der Waals surface area contributed by atoms with Gasteiger partial charge in [0.05, 0.1) is 26.1 Å². The van der Waals surface area contributed by atoms with Crippen molar-refractivity contribution in [1.82, 2.24) is 5.01 Å². The molecule has 1 aliphatic heterocycles. The average Bonchev–Trinajstić information content (AvgIpc) is 2.88. The molecule has 10 heteroatoms. The summed E-state index contributed by atoms with van der Waals surface area (Å²) in [7, 11) is 0. The van der Waals surface area contributed by atoms with Crippen LogP contribution in [-0.4, -0.2) is 26.4 Å². The predicted octanol–water partition coefficient (Wildman–Crippen LogP) is 5.14. The lowest BCUT2D eigenvalue weighted by Crippen LogP contribution is -2.22. The molecule has 27 heavy (non-hydrogen) atoms. The maximum absolute atomic E-state index is 12.6. The van der Waals surface area contributed by atoms with E-state index in [1.165, 1.54) is 24.4 Å². The van der Waals surface area contributed by atoms with Crippen LogP contribution in [0.1, 0.15) is 11.1 Å². The molecule has 3 rings (SSSR count). The largest absolute Gasteiger partial charge is 0.286 e. The topological polar surface area (TPSA) is 75.8 Å². The molecule has 2 aromatic carbocycles. The van der Waals surface area contributed by atoms with Gasteiger partial charge >= 0.3 is 0 Å². The summed E-state index contributed by atoms with van der Waals surface area (Å²) in [6, 6.07) is 11.0. The van der Waals surface area contributed by atoms with Crippen LogP contribution in [0.5, 0.6) is 0 Å². The number of thiocarbonyl (C=S) groups is 1. The zero-order chi connectivity index (χ0) is 19.6. The Bertz CT molecular complexity index is 1000. The molecule has 0 N–H and O–H groups in total. The minimum absolute atomic E-state index is 0.0642. The Hall–Kier alpha value is -2.26. The van der Waals surface area contributed by atoms with Gasteiger partial charge in [0, 0.05) is 17.7 Å². The predicted molar refractivity (Wildman–Crippen MR) is 112 cm³/mol. The van der Waals surface area contributed by atoms with Crippen LogP contribution in [0.4, 0.5) is 5.69 Å². The van der Waals surface area contributed by atoms with E-state index in [1.54, 1.807) is 30.3 Å². The molecule has 1 aliphatic rings. The summed E-state index contributed by atoms with van der Waals surface area (Å²) in [4.78, 5) is 23.3. The number of thioether (sulfide) groups is 1. The van der Waals surface area contributed by atoms with E-state index >= 15 is 0 Å². The molecule has 0 atom stereocenters. The second-order valence-corrected chi connectivity index (χ2v) is 7.72. The van der Waals surface area contributed by atoms with Crippen molar-refractivity contribution in [3.63, 3.8) is 0 Å². The Morgan fingerprint density at radius 3 is 2.52 bits per heavy atom. The van der Waals surface area contributed by atoms with Gasteiger partial charge in [-0.25, -0.2) is 0 Å². The van der Waals surface area contributed by atoms with Crippen LogP contribution in [0.2, 0.25) is 10.0 Å². The zero-order valence-electron chi connectivity index (χ0n) is 13.3. The molecule has 0 saturated carbocycles. The molecule has 2 aromatic rings. The number of nitro benzene ring substituents is 1. The fourth-order valence-corrected chi connectivity index (χ4v) is 3.86. The normalized spacial score (nSPS) is 15.9. The van der Waals surface area contributed by atoms with Gasteiger partial charge in [0.1, 0.15) is 0 Å². The Morgan fingerprint density at radius 1 is 1.19 bits per heavy atom. The van der Waals surface area contributed by atoms with Crippen molar-refractivity contribution in [2.45, 2.75) is 0 Å². The average molecular weight is 438 g/mol. The summed E-state index contributed by atoms with van der Waals surface area (Å²) in [5.74, 6) is -0.434. The number of halogens is 2. The van der Waals surface area contributed by atoms with Crippen molar-refractivity contribution in [1.29, 1.82) is 0 Å². The number of benzene rings is 2. The number of nitrogens with zero attached hydrogens (tertiary/aromatic N) is 3. The molecule has 1 heterocycles. The maximum atomic E-state index is 12.6. The third-order valence-corrected chi connectivity index (χ3v) is 5.40. The van der Waals surface area contributed by atoms with Crippen LogP contribution in [0.3, 0.4) is 0 Å². The number of hydrazone groups is 1. The van der Waals surface area contributed by atoms with Gasteiger partial charge in [0.2, 0.25) is 0 Å². The molecule has 0 unspecified atom stereocenters. The van der Waals surface area contributed by atoms with Gasteiger partial charge in [0.25, 0.3) is 11.6 Å². The van der Waals surface area contributed by atoms with Gasteiger partial charge in [-0.15, -0.1) is 0 Å². The summed E-state index contributed by atoms with van der Waals surface area (Å²) in [5, 5.41) is 16.8. The number of hydrogen-bond acceptors (Lipinski definition) is 6. The first-order chi connectivity index (χ1) is 12.9. The Balaban J connectivity index is 1.86. The first kappa shape index (κ1) is 19.5. The molecular formula is C17H9Cl2N3O3S2. The minimum Gasteiger partial charge on any atom is -0.266 e. The van der Waals surface area contributed by atoms with E-state index in [2.05, 4.69) is 5.10 Å². The molecule has 6 nitrogen and oxygen atoms in total. The van der Waals surface area contributed by atoms with Gasteiger partial charge in [-0.3, -0.25) is 14.9 Å². The van der Waals surface area contributed by atoms with Crippen LogP contribution >= 0.6 is 47.2 Å². The van der Waals surface area contributed by atoms with E-state index < -0.39 is 10.8 Å². The van der Waals surface area contributed by atoms with Gasteiger partial charge in [-0.05, 0) is 36.0 Å². The summed E-state index contributed by atoms with van der Waals surface area (Å²) in [6.45, 7) is 0. The molecule has 1 amide bonds. The quantitative estimate of drug-likeness (QED) is 0.217. The number of rotatable bonds is 4. The number of nitro groups is 1. The molecule has 136 valence electrons. The smallest absolute Gasteiger partial charge is 0.266 e. The number of amides is 1. The molecular weight excluding hydrogens is 429 g/mol. The van der Waals surface area contributed by atoms with Crippen LogP contribution < -0.4 is 0 Å². The third kappa shape index (κ3) is 4.36. The summed E-state index contributed by atoms with van der Waals surface area (Å²) >= 11 is 18.4. The van der Waals surface area contributed by atoms with Crippen molar-refractivity contribution in [2.75, 3.05) is 0 Å². The van der Waals surface area contributed by atoms with Crippen molar-refractivity contribution in [3.05, 3.63) is 78.7 Å². The highest BCUT2D eigenvalue weighted by atomic mass is 35.5. The van der Waals surface area contributed by atoms with Gasteiger partial charge in [-0.1, -0.05) is 53.2 Å². The summed E-state index contributed by atoms with van der Waals surface area (Å²) in [5.41, 5.74) is 0.922. The first-order valence-electron chi connectivity index (χ1n) is 7.37. The minimum atomic E-state index is -0.500. The molecule has 0 spiro atoms. The Kier molecular flexibility index (Phi) is 5.91. The lowest BCUT2D eigenvalue weighted by atomic mass is 10.2. The van der Waals surface area contributed by atoms with E-state index in [0.29, 0.717) is 26.1 Å². The number of carbonyl (C=O) groups excluding carboxylic acids is 1. The van der Waals surface area contributed by atoms with Crippen LogP contribution in [0.15, 0.2) is 52.5 Å². The van der Waals surface area contributed by atoms with Gasteiger partial charge in [0.15, 0.2) is 4.32 Å². The lowest BCUT2D eigenvalue weighted by molar-refractivity contribution is -0.384. The highest BCUT2D eigenvalue weighted by Gasteiger charge is 2.32. The fourth-order valence-electron chi connectivity index (χ4n) is 2.19. The number of hydrogen-bond donors (Lipinski definition) is 0. The lowest BCUT2D eigenvalue weighted by Gasteiger charge is -2.07. The van der Waals surface area contributed by atoms with Crippen LogP contribution in [0, 0.1) is 10.1 Å². The van der Waals surface area contributed by atoms with Crippen molar-refractivity contribution in [2.24, 2.45) is 5.10 Å². The van der Waals surface area contributed by atoms with E-state index in [4.69, 9.17) is 35.4 Å².